The summed E-state index contributed by atoms with van der Waals surface area (Å²) in [4.78, 5) is 22.9. The van der Waals surface area contributed by atoms with Crippen LogP contribution in [0.5, 0.6) is 11.5 Å². The van der Waals surface area contributed by atoms with Gasteiger partial charge in [-0.2, -0.15) is 4.98 Å². The molecule has 1 aliphatic carbocycles. The summed E-state index contributed by atoms with van der Waals surface area (Å²) in [7, 11) is 1.82. The van der Waals surface area contributed by atoms with Crippen LogP contribution in [0.25, 0.3) is 0 Å². The molecule has 1 atom stereocenters. The third-order valence-electron chi connectivity index (χ3n) is 5.72. The van der Waals surface area contributed by atoms with Crippen molar-refractivity contribution in [2.45, 2.75) is 58.2 Å². The SMILES string of the molecule is Cc1cc(OC2CC(Nc3nc(C)c4c(n3)N(C)[C@@H](C)C(=O)N4)C2)ccc1OC(F)(F)F. The standard InChI is InChI=1S/C21H24F3N5O3/c1-10-7-14(5-6-16(10)32-21(22,23)24)31-15-8-13(9-15)26-20-25-11(2)17-18(28-20)29(4)12(3)19(30)27-17/h5-7,12-13,15H,8-9H2,1-4H3,(H,27,30)(H,25,26,28)/t12-,13?,15?/m0/s1. The molecule has 1 fully saturated rings. The van der Waals surface area contributed by atoms with Crippen molar-refractivity contribution in [2.75, 3.05) is 22.6 Å². The number of halogens is 3. The lowest BCUT2D eigenvalue weighted by Crippen LogP contribution is -2.45. The molecule has 4 rings (SSSR count). The fourth-order valence-electron chi connectivity index (χ4n) is 3.70. The number of ether oxygens (including phenoxy) is 2. The molecular formula is C21H24F3N5O3. The van der Waals surface area contributed by atoms with Crippen LogP contribution in [0.1, 0.15) is 31.0 Å². The molecule has 2 N–H and O–H groups in total. The second-order valence-corrected chi connectivity index (χ2v) is 8.13. The van der Waals surface area contributed by atoms with Crippen LogP contribution in [0.15, 0.2) is 18.2 Å². The zero-order valence-corrected chi connectivity index (χ0v) is 18.1. The van der Waals surface area contributed by atoms with Crippen LogP contribution in [0.4, 0.5) is 30.6 Å². The molecule has 0 saturated heterocycles. The summed E-state index contributed by atoms with van der Waals surface area (Å²) in [6.07, 6.45) is -3.40. The van der Waals surface area contributed by atoms with E-state index in [0.29, 0.717) is 47.3 Å². The molecule has 172 valence electrons. The Morgan fingerprint density at radius 2 is 1.94 bits per heavy atom. The lowest BCUT2D eigenvalue weighted by molar-refractivity contribution is -0.274. The quantitative estimate of drug-likeness (QED) is 0.715. The van der Waals surface area contributed by atoms with E-state index in [1.54, 1.807) is 6.92 Å². The van der Waals surface area contributed by atoms with Crippen molar-refractivity contribution in [1.82, 2.24) is 9.97 Å². The van der Waals surface area contributed by atoms with Crippen molar-refractivity contribution < 1.29 is 27.4 Å². The summed E-state index contributed by atoms with van der Waals surface area (Å²) >= 11 is 0. The maximum atomic E-state index is 12.4. The summed E-state index contributed by atoms with van der Waals surface area (Å²) in [5.41, 5.74) is 1.63. The number of aromatic nitrogens is 2. The van der Waals surface area contributed by atoms with Crippen molar-refractivity contribution in [3.63, 3.8) is 0 Å². The molecule has 1 saturated carbocycles. The lowest BCUT2D eigenvalue weighted by atomic mass is 9.89. The molecule has 0 radical (unpaired) electrons. The molecule has 1 aromatic carbocycles. The third-order valence-corrected chi connectivity index (χ3v) is 5.72. The Morgan fingerprint density at radius 1 is 1.22 bits per heavy atom. The van der Waals surface area contributed by atoms with E-state index in [2.05, 4.69) is 25.3 Å². The van der Waals surface area contributed by atoms with Gasteiger partial charge in [0, 0.05) is 25.9 Å². The van der Waals surface area contributed by atoms with Gasteiger partial charge in [0.05, 0.1) is 5.69 Å². The number of aryl methyl sites for hydroxylation is 2. The summed E-state index contributed by atoms with van der Waals surface area (Å²) in [6, 6.07) is 4.03. The van der Waals surface area contributed by atoms with Gasteiger partial charge in [0.25, 0.3) is 0 Å². The number of alkyl halides is 3. The molecular weight excluding hydrogens is 427 g/mol. The van der Waals surface area contributed by atoms with Crippen LogP contribution in [-0.4, -0.2) is 47.5 Å². The number of amides is 1. The van der Waals surface area contributed by atoms with E-state index in [9.17, 15) is 18.0 Å². The van der Waals surface area contributed by atoms with Crippen molar-refractivity contribution in [2.24, 2.45) is 0 Å². The third kappa shape index (κ3) is 4.51. The Balaban J connectivity index is 1.35. The van der Waals surface area contributed by atoms with Crippen molar-refractivity contribution >= 4 is 23.4 Å². The predicted molar refractivity (Wildman–Crippen MR) is 112 cm³/mol. The molecule has 32 heavy (non-hydrogen) atoms. The van der Waals surface area contributed by atoms with Crippen LogP contribution in [-0.2, 0) is 4.79 Å². The highest BCUT2D eigenvalue weighted by molar-refractivity contribution is 6.03. The van der Waals surface area contributed by atoms with E-state index in [1.807, 2.05) is 18.9 Å². The van der Waals surface area contributed by atoms with Gasteiger partial charge in [0.1, 0.15) is 29.3 Å². The Bertz CT molecular complexity index is 1040. The van der Waals surface area contributed by atoms with Crippen molar-refractivity contribution in [3.05, 3.63) is 29.5 Å². The zero-order chi connectivity index (χ0) is 23.2. The van der Waals surface area contributed by atoms with Crippen LogP contribution in [0.3, 0.4) is 0 Å². The van der Waals surface area contributed by atoms with Gasteiger partial charge in [-0.25, -0.2) is 4.98 Å². The molecule has 1 aliphatic heterocycles. The van der Waals surface area contributed by atoms with Crippen LogP contribution in [0, 0.1) is 13.8 Å². The summed E-state index contributed by atoms with van der Waals surface area (Å²) in [6.45, 7) is 5.16. The highest BCUT2D eigenvalue weighted by Gasteiger charge is 2.34. The molecule has 2 aromatic rings. The fourth-order valence-corrected chi connectivity index (χ4v) is 3.70. The van der Waals surface area contributed by atoms with Crippen molar-refractivity contribution in [1.29, 1.82) is 0 Å². The van der Waals surface area contributed by atoms with Gasteiger partial charge in [-0.3, -0.25) is 4.79 Å². The monoisotopic (exact) mass is 451 g/mol. The van der Waals surface area contributed by atoms with Gasteiger partial charge < -0.3 is 25.0 Å². The normalized spacial score (nSPS) is 22.5. The predicted octanol–water partition coefficient (Wildman–Crippen LogP) is 3.79. The minimum Gasteiger partial charge on any atom is -0.490 e. The number of likely N-dealkylation sites (N-methyl/N-ethyl adjacent to an activating group) is 1. The highest BCUT2D eigenvalue weighted by Crippen LogP contribution is 2.35. The summed E-state index contributed by atoms with van der Waals surface area (Å²) < 4.78 is 47.1. The van der Waals surface area contributed by atoms with E-state index in [-0.39, 0.29) is 29.8 Å². The molecule has 0 bridgehead atoms. The first-order valence-corrected chi connectivity index (χ1v) is 10.2. The summed E-state index contributed by atoms with van der Waals surface area (Å²) in [5, 5.41) is 6.14. The van der Waals surface area contributed by atoms with Crippen LogP contribution >= 0.6 is 0 Å². The number of nitrogens with one attached hydrogen (secondary N) is 2. The van der Waals surface area contributed by atoms with Gasteiger partial charge in [-0.15, -0.1) is 13.2 Å². The second kappa shape index (κ2) is 8.03. The first-order chi connectivity index (χ1) is 15.0. The number of rotatable bonds is 5. The fraction of sp³-hybridized carbons (Fsp3) is 0.476. The Hall–Kier alpha value is -3.24. The number of carbonyl (C=O) groups is 1. The van der Waals surface area contributed by atoms with E-state index in [1.165, 1.54) is 25.1 Å². The number of anilines is 3. The minimum atomic E-state index is -4.73. The zero-order valence-electron chi connectivity index (χ0n) is 18.1. The van der Waals surface area contributed by atoms with E-state index >= 15 is 0 Å². The molecule has 11 heteroatoms. The van der Waals surface area contributed by atoms with Gasteiger partial charge in [0.15, 0.2) is 5.82 Å². The van der Waals surface area contributed by atoms with Gasteiger partial charge in [-0.05, 0) is 44.5 Å². The van der Waals surface area contributed by atoms with Gasteiger partial charge >= 0.3 is 6.36 Å². The first-order valence-electron chi connectivity index (χ1n) is 10.2. The second-order valence-electron chi connectivity index (χ2n) is 8.13. The number of hydrogen-bond acceptors (Lipinski definition) is 7. The smallest absolute Gasteiger partial charge is 0.490 e. The highest BCUT2D eigenvalue weighted by atomic mass is 19.4. The number of benzene rings is 1. The number of hydrogen-bond donors (Lipinski definition) is 2. The Labute approximate surface area is 183 Å². The Morgan fingerprint density at radius 3 is 2.59 bits per heavy atom. The average molecular weight is 451 g/mol. The maximum absolute atomic E-state index is 12.4. The molecule has 8 nitrogen and oxygen atoms in total. The van der Waals surface area contributed by atoms with Crippen molar-refractivity contribution in [3.8, 4) is 11.5 Å². The number of nitrogens with zero attached hydrogens (tertiary/aromatic N) is 3. The number of fused-ring (bicyclic) bond motifs is 1. The minimum absolute atomic E-state index is 0.0676. The maximum Gasteiger partial charge on any atom is 0.573 e. The summed E-state index contributed by atoms with van der Waals surface area (Å²) in [5.74, 6) is 1.29. The molecule has 1 amide bonds. The van der Waals surface area contributed by atoms with Crippen LogP contribution < -0.4 is 25.0 Å². The first kappa shape index (κ1) is 22.0. The average Bonchev–Trinajstić information content (AvgIpc) is 2.67. The molecule has 0 unspecified atom stereocenters. The molecule has 2 aliphatic rings. The van der Waals surface area contributed by atoms with E-state index in [4.69, 9.17) is 4.74 Å². The molecule has 2 heterocycles. The van der Waals surface area contributed by atoms with Gasteiger partial charge in [-0.1, -0.05) is 0 Å². The molecule has 1 aromatic heterocycles. The topological polar surface area (TPSA) is 88.6 Å². The largest absolute Gasteiger partial charge is 0.573 e. The Kier molecular flexibility index (Phi) is 5.51. The van der Waals surface area contributed by atoms with E-state index < -0.39 is 6.36 Å². The number of carbonyl (C=O) groups excluding carboxylic acids is 1. The van der Waals surface area contributed by atoms with E-state index in [0.717, 1.165) is 0 Å². The van der Waals surface area contributed by atoms with Crippen LogP contribution in [0.2, 0.25) is 0 Å². The molecule has 0 spiro atoms. The van der Waals surface area contributed by atoms with Gasteiger partial charge in [0.2, 0.25) is 11.9 Å². The lowest BCUT2D eigenvalue weighted by Gasteiger charge is -2.37.